The minimum atomic E-state index is -3.89. The monoisotopic (exact) mass is 522 g/mol. The Balaban J connectivity index is -0.000000185. The maximum Gasteiger partial charge on any atom is 2.00 e. The van der Waals surface area contributed by atoms with Gasteiger partial charge in [0.05, 0.1) is 13.2 Å². The molecule has 0 aliphatic carbocycles. The summed E-state index contributed by atoms with van der Waals surface area (Å²) in [4.78, 5) is 9.77. The number of phosphoric acid groups is 1. The summed E-state index contributed by atoms with van der Waals surface area (Å²) in [5.74, 6) is 0.687. The zero-order valence-electron chi connectivity index (χ0n) is 24.9. The second-order valence-electron chi connectivity index (χ2n) is 9.09. The van der Waals surface area contributed by atoms with Gasteiger partial charge in [-0.25, -0.2) is 4.57 Å². The molecule has 0 aromatic rings. The Bertz CT molecular complexity index is 391. The fourth-order valence-electron chi connectivity index (χ4n) is 3.48. The number of hydrogen-bond acceptors (Lipinski definition) is 4. The summed E-state index contributed by atoms with van der Waals surface area (Å²) in [6, 6.07) is 0. The third-order valence-electron chi connectivity index (χ3n) is 6.04. The third-order valence-corrected chi connectivity index (χ3v) is 7.00. The van der Waals surface area contributed by atoms with Crippen LogP contribution in [0.3, 0.4) is 0 Å². The van der Waals surface area contributed by atoms with E-state index in [2.05, 4.69) is 34.6 Å². The molecule has 0 amide bonds. The van der Waals surface area contributed by atoms with Crippen molar-refractivity contribution in [1.82, 2.24) is 0 Å². The molecule has 5 nitrogen and oxygen atoms in total. The molecule has 0 aliphatic heterocycles. The van der Waals surface area contributed by atoms with E-state index in [-0.39, 0.29) is 40.6 Å². The maximum absolute atomic E-state index is 11.9. The van der Waals surface area contributed by atoms with Crippen LogP contribution in [-0.2, 0) is 13.6 Å². The minimum absolute atomic E-state index is 0. The van der Waals surface area contributed by atoms with Crippen molar-refractivity contribution in [3.8, 4) is 0 Å². The first-order valence-corrected chi connectivity index (χ1v) is 15.1. The van der Waals surface area contributed by atoms with Crippen molar-refractivity contribution in [2.45, 2.75) is 137 Å². The van der Waals surface area contributed by atoms with Gasteiger partial charge in [-0.3, -0.25) is 9.05 Å². The first kappa shape index (κ1) is 38.9. The van der Waals surface area contributed by atoms with Gasteiger partial charge in [-0.05, 0) is 31.1 Å². The molecule has 2 atom stereocenters. The SMILES string of the molecule is CCCCC(CC)COP(=O)(O)OCC(CC)CCCC.CCCCCCCCCCO.[Ca+2].[H-].[H-]. The molecule has 2 unspecified atom stereocenters. The Labute approximate surface area is 239 Å². The minimum Gasteiger partial charge on any atom is -1.00 e. The second kappa shape index (κ2) is 29.6. The Morgan fingerprint density at radius 2 is 1.03 bits per heavy atom. The van der Waals surface area contributed by atoms with E-state index in [1.165, 1.54) is 44.9 Å². The van der Waals surface area contributed by atoms with E-state index < -0.39 is 7.82 Å². The molecule has 2 N–H and O–H groups in total. The van der Waals surface area contributed by atoms with Crippen LogP contribution < -0.4 is 0 Å². The van der Waals surface area contributed by atoms with Crippen molar-refractivity contribution < 1.29 is 26.5 Å². The molecule has 0 radical (unpaired) electrons. The van der Waals surface area contributed by atoms with Crippen LogP contribution in [0.25, 0.3) is 0 Å². The molecule has 0 spiro atoms. The molecule has 0 heterocycles. The average Bonchev–Trinajstić information content (AvgIpc) is 2.79. The zero-order chi connectivity index (χ0) is 24.5. The van der Waals surface area contributed by atoms with Crippen LogP contribution >= 0.6 is 7.82 Å². The predicted molar refractivity (Wildman–Crippen MR) is 146 cm³/mol. The van der Waals surface area contributed by atoms with Gasteiger partial charge >= 0.3 is 45.6 Å². The van der Waals surface area contributed by atoms with E-state index >= 15 is 0 Å². The van der Waals surface area contributed by atoms with Crippen molar-refractivity contribution in [1.29, 1.82) is 0 Å². The summed E-state index contributed by atoms with van der Waals surface area (Å²) in [6.07, 6.45) is 18.9. The van der Waals surface area contributed by atoms with E-state index in [9.17, 15) is 9.46 Å². The van der Waals surface area contributed by atoms with Gasteiger partial charge in [0, 0.05) is 6.61 Å². The standard InChI is InChI=1S/C16H35O4P.C10H22O.Ca.2H/c1-5-9-11-15(7-3)13-19-21(17,18)20-14-16(8-4)12-10-6-2;1-2-3-4-5-6-7-8-9-10-11;;;/h15-16H,5-14H2,1-4H3,(H,17,18);11H,2-10H2,1H3;;;/q;;+2;2*-1. The molecule has 0 bridgehead atoms. The largest absolute Gasteiger partial charge is 2.00 e. The van der Waals surface area contributed by atoms with Gasteiger partial charge in [-0.2, -0.15) is 0 Å². The van der Waals surface area contributed by atoms with E-state index in [1.807, 2.05) is 0 Å². The molecule has 0 rings (SSSR count). The molecule has 0 saturated heterocycles. The first-order valence-electron chi connectivity index (χ1n) is 13.6. The number of aliphatic hydroxyl groups excluding tert-OH is 1. The molecule has 0 aromatic carbocycles. The van der Waals surface area contributed by atoms with Gasteiger partial charge in [-0.1, -0.05) is 118 Å². The molecule has 0 fully saturated rings. The van der Waals surface area contributed by atoms with Crippen molar-refractivity contribution in [3.05, 3.63) is 0 Å². The average molecular weight is 523 g/mol. The van der Waals surface area contributed by atoms with Gasteiger partial charge in [-0.15, -0.1) is 0 Å². The summed E-state index contributed by atoms with van der Waals surface area (Å²) < 4.78 is 22.2. The second-order valence-corrected chi connectivity index (χ2v) is 10.5. The topological polar surface area (TPSA) is 76.0 Å². The summed E-state index contributed by atoms with van der Waals surface area (Å²) in [5.41, 5.74) is 0. The van der Waals surface area contributed by atoms with Crippen LogP contribution in [0.5, 0.6) is 0 Å². The van der Waals surface area contributed by atoms with Crippen LogP contribution in [-0.4, -0.2) is 67.6 Å². The number of phosphoric ester groups is 1. The van der Waals surface area contributed by atoms with Gasteiger partial charge in [0.2, 0.25) is 0 Å². The number of hydrogen-bond donors (Lipinski definition) is 2. The van der Waals surface area contributed by atoms with E-state index in [0.29, 0.717) is 31.7 Å². The molecule has 200 valence electrons. The summed E-state index contributed by atoms with van der Waals surface area (Å²) in [6.45, 7) is 11.7. The Kier molecular flexibility index (Phi) is 34.8. The van der Waals surface area contributed by atoms with Crippen LogP contribution in [0.1, 0.15) is 140 Å². The number of rotatable bonds is 22. The van der Waals surface area contributed by atoms with E-state index in [4.69, 9.17) is 14.2 Å². The normalized spacial score (nSPS) is 14.5. The van der Waals surface area contributed by atoms with Crippen LogP contribution in [0, 0.1) is 11.8 Å². The van der Waals surface area contributed by atoms with Crippen molar-refractivity contribution in [2.75, 3.05) is 19.8 Å². The number of aliphatic hydroxyl groups is 1. The molecule has 0 aliphatic rings. The predicted octanol–water partition coefficient (Wildman–Crippen LogP) is 8.52. The Morgan fingerprint density at radius 1 is 0.667 bits per heavy atom. The Hall–Kier alpha value is 1.33. The zero-order valence-corrected chi connectivity index (χ0v) is 26.0. The fourth-order valence-corrected chi connectivity index (χ4v) is 4.35. The van der Waals surface area contributed by atoms with Gasteiger partial charge in [0.1, 0.15) is 0 Å². The smallest absolute Gasteiger partial charge is 1.00 e. The van der Waals surface area contributed by atoms with E-state index in [1.54, 1.807) is 0 Å². The quantitative estimate of drug-likeness (QED) is 0.0846. The number of unbranched alkanes of at least 4 members (excludes halogenated alkanes) is 9. The molecular weight excluding hydrogens is 463 g/mol. The van der Waals surface area contributed by atoms with Gasteiger partial charge in [0.15, 0.2) is 0 Å². The fraction of sp³-hybridized carbons (Fsp3) is 1.00. The molecule has 7 heteroatoms. The van der Waals surface area contributed by atoms with Crippen molar-refractivity contribution in [3.63, 3.8) is 0 Å². The van der Waals surface area contributed by atoms with E-state index in [0.717, 1.165) is 57.8 Å². The van der Waals surface area contributed by atoms with Gasteiger partial charge in [0.25, 0.3) is 0 Å². The van der Waals surface area contributed by atoms with Crippen LogP contribution in [0.2, 0.25) is 0 Å². The molecule has 33 heavy (non-hydrogen) atoms. The summed E-state index contributed by atoms with van der Waals surface area (Å²) >= 11 is 0. The molecular formula is C26H59CaO5P. The molecule has 0 aromatic heterocycles. The first-order chi connectivity index (χ1) is 15.4. The van der Waals surface area contributed by atoms with Crippen LogP contribution in [0.15, 0.2) is 0 Å². The Morgan fingerprint density at radius 3 is 1.36 bits per heavy atom. The third kappa shape index (κ3) is 29.4. The maximum atomic E-state index is 11.9. The van der Waals surface area contributed by atoms with Crippen molar-refractivity contribution >= 4 is 45.6 Å². The van der Waals surface area contributed by atoms with Crippen LogP contribution in [0.4, 0.5) is 0 Å². The summed E-state index contributed by atoms with van der Waals surface area (Å²) in [5, 5.41) is 8.51. The van der Waals surface area contributed by atoms with Gasteiger partial charge < -0.3 is 12.9 Å². The summed E-state index contributed by atoms with van der Waals surface area (Å²) in [7, 11) is -3.89. The molecule has 0 saturated carbocycles. The van der Waals surface area contributed by atoms with Crippen molar-refractivity contribution in [2.24, 2.45) is 11.8 Å².